The Balaban J connectivity index is 6.26. The average molecular weight is 1250 g/mol. The van der Waals surface area contributed by atoms with Gasteiger partial charge in [-0.1, -0.05) is 350 Å². The van der Waals surface area contributed by atoms with Crippen molar-refractivity contribution in [3.63, 3.8) is 0 Å². The maximum Gasteiger partial charge on any atom is 0.475 e. The molecule has 0 saturated heterocycles. The Morgan fingerprint density at radius 3 is 0.523 bits per heavy atom. The molecule has 0 aromatic carbocycles. The molecule has 0 aliphatic heterocycles. The Bertz CT molecular complexity index is 1130. The average Bonchev–Trinajstić information content (AvgIpc) is 3.72. The molecular formula is C75H153O10P. The first-order valence-electron chi connectivity index (χ1n) is 38.6. The molecule has 0 saturated carbocycles. The fraction of sp³-hybridized carbons (Fsp3) is 1.00. The summed E-state index contributed by atoms with van der Waals surface area (Å²) in [5.74, 6) is 0. The van der Waals surface area contributed by atoms with E-state index in [1.165, 1.54) is 289 Å². The third-order valence-electron chi connectivity index (χ3n) is 17.1. The molecule has 3 unspecified atom stereocenters. The van der Waals surface area contributed by atoms with Crippen molar-refractivity contribution in [2.45, 2.75) is 407 Å². The molecule has 11 heteroatoms. The van der Waals surface area contributed by atoms with Gasteiger partial charge in [-0.15, -0.1) is 0 Å². The second-order valence-corrected chi connectivity index (χ2v) is 27.7. The zero-order valence-electron chi connectivity index (χ0n) is 58.9. The topological polar surface area (TPSA) is 100 Å². The van der Waals surface area contributed by atoms with Crippen molar-refractivity contribution in [1.29, 1.82) is 0 Å². The normalized spacial score (nSPS) is 13.7. The molecule has 0 aliphatic rings. The van der Waals surface area contributed by atoms with Crippen molar-refractivity contribution < 1.29 is 46.6 Å². The van der Waals surface area contributed by atoms with E-state index in [9.17, 15) is 0 Å². The number of rotatable bonds is 78. The van der Waals surface area contributed by atoms with Gasteiger partial charge in [-0.25, -0.2) is 4.57 Å². The first kappa shape index (κ1) is 85.9. The van der Waals surface area contributed by atoms with E-state index in [0.717, 1.165) is 57.8 Å². The van der Waals surface area contributed by atoms with Gasteiger partial charge in [0, 0.05) is 39.6 Å². The number of hydrogen-bond acceptors (Lipinski definition) is 10. The fourth-order valence-corrected chi connectivity index (χ4v) is 12.5. The van der Waals surface area contributed by atoms with Crippen molar-refractivity contribution in [2.24, 2.45) is 0 Å². The van der Waals surface area contributed by atoms with Crippen LogP contribution in [0, 0.1) is 0 Å². The van der Waals surface area contributed by atoms with Crippen LogP contribution >= 0.6 is 7.82 Å². The summed E-state index contributed by atoms with van der Waals surface area (Å²) in [4.78, 5) is 0. The third-order valence-corrected chi connectivity index (χ3v) is 18.5. The maximum absolute atomic E-state index is 15.3. The van der Waals surface area contributed by atoms with Crippen LogP contribution in [0.25, 0.3) is 0 Å². The lowest BCUT2D eigenvalue weighted by Crippen LogP contribution is -2.30. The van der Waals surface area contributed by atoms with Crippen molar-refractivity contribution in [3.8, 4) is 0 Å². The van der Waals surface area contributed by atoms with Crippen LogP contribution in [0.3, 0.4) is 0 Å². The number of phosphoric ester groups is 1. The highest BCUT2D eigenvalue weighted by atomic mass is 31.2. The molecule has 0 fully saturated rings. The summed E-state index contributed by atoms with van der Waals surface area (Å²) in [5.41, 5.74) is 0. The maximum atomic E-state index is 15.3. The molecule has 0 heterocycles. The minimum absolute atomic E-state index is 0.0321. The van der Waals surface area contributed by atoms with Crippen LogP contribution in [0.2, 0.25) is 0 Å². The van der Waals surface area contributed by atoms with Crippen LogP contribution in [0.4, 0.5) is 0 Å². The van der Waals surface area contributed by atoms with Gasteiger partial charge in [0.15, 0.2) is 0 Å². The molecule has 0 N–H and O–H groups in total. The lowest BCUT2D eigenvalue weighted by atomic mass is 10.1. The van der Waals surface area contributed by atoms with Gasteiger partial charge >= 0.3 is 7.82 Å². The Labute approximate surface area is 537 Å². The Kier molecular flexibility index (Phi) is 73.8. The molecule has 518 valence electrons. The lowest BCUT2D eigenvalue weighted by Gasteiger charge is -2.26. The Morgan fingerprint density at radius 2 is 0.349 bits per heavy atom. The van der Waals surface area contributed by atoms with Crippen LogP contribution in [0.5, 0.6) is 0 Å². The first-order valence-corrected chi connectivity index (χ1v) is 40.1. The van der Waals surface area contributed by atoms with Gasteiger partial charge in [-0.2, -0.15) is 0 Å². The number of hydrogen-bond donors (Lipinski definition) is 0. The molecule has 0 aromatic rings. The monoisotopic (exact) mass is 1250 g/mol. The van der Waals surface area contributed by atoms with E-state index in [1.807, 2.05) is 0 Å². The van der Waals surface area contributed by atoms with Gasteiger partial charge in [0.1, 0.15) is 18.3 Å². The van der Waals surface area contributed by atoms with Crippen molar-refractivity contribution in [1.82, 2.24) is 0 Å². The van der Waals surface area contributed by atoms with Crippen LogP contribution in [-0.4, -0.2) is 97.6 Å². The van der Waals surface area contributed by atoms with Gasteiger partial charge in [-0.3, -0.25) is 13.6 Å². The highest BCUT2D eigenvalue weighted by molar-refractivity contribution is 7.48. The van der Waals surface area contributed by atoms with E-state index >= 15 is 4.57 Å². The van der Waals surface area contributed by atoms with E-state index in [4.69, 9.17) is 42.0 Å². The molecule has 10 nitrogen and oxygen atoms in total. The fourth-order valence-electron chi connectivity index (χ4n) is 11.2. The van der Waals surface area contributed by atoms with Crippen LogP contribution in [-0.2, 0) is 46.6 Å². The zero-order chi connectivity index (χ0) is 62.3. The number of unbranched alkanes of at least 4 members (excludes halogenated alkanes) is 48. The third kappa shape index (κ3) is 66.8. The highest BCUT2D eigenvalue weighted by Crippen LogP contribution is 2.50. The second-order valence-electron chi connectivity index (χ2n) is 26.0. The molecule has 0 amide bonds. The Hall–Kier alpha value is -0.130. The summed E-state index contributed by atoms with van der Waals surface area (Å²) in [6.45, 7) is 18.7. The van der Waals surface area contributed by atoms with Crippen molar-refractivity contribution in [2.75, 3.05) is 79.3 Å². The molecule has 0 rings (SSSR count). The summed E-state index contributed by atoms with van der Waals surface area (Å²) in [6, 6.07) is 0. The van der Waals surface area contributed by atoms with Crippen LogP contribution < -0.4 is 0 Å². The predicted octanol–water partition coefficient (Wildman–Crippen LogP) is 24.5. The van der Waals surface area contributed by atoms with E-state index in [0.29, 0.717) is 59.5 Å². The lowest BCUT2D eigenvalue weighted by molar-refractivity contribution is -0.0689. The van der Waals surface area contributed by atoms with Gasteiger partial charge in [0.2, 0.25) is 0 Å². The molecule has 0 spiro atoms. The molecule has 0 aliphatic carbocycles. The van der Waals surface area contributed by atoms with E-state index in [2.05, 4.69) is 41.5 Å². The highest BCUT2D eigenvalue weighted by Gasteiger charge is 2.32. The Morgan fingerprint density at radius 1 is 0.198 bits per heavy atom. The molecule has 3 atom stereocenters. The van der Waals surface area contributed by atoms with Gasteiger partial charge in [0.05, 0.1) is 39.6 Å². The van der Waals surface area contributed by atoms with E-state index < -0.39 is 26.1 Å². The predicted molar refractivity (Wildman–Crippen MR) is 371 cm³/mol. The minimum Gasteiger partial charge on any atom is -0.379 e. The van der Waals surface area contributed by atoms with Gasteiger partial charge in [0.25, 0.3) is 0 Å². The number of phosphoric acid groups is 1. The van der Waals surface area contributed by atoms with E-state index in [-0.39, 0.29) is 19.8 Å². The zero-order valence-corrected chi connectivity index (χ0v) is 59.8. The van der Waals surface area contributed by atoms with Crippen LogP contribution in [0.15, 0.2) is 0 Å². The molecule has 0 aromatic heterocycles. The van der Waals surface area contributed by atoms with E-state index in [1.54, 1.807) is 0 Å². The van der Waals surface area contributed by atoms with Gasteiger partial charge < -0.3 is 28.4 Å². The summed E-state index contributed by atoms with van der Waals surface area (Å²) in [6.07, 6.45) is 66.7. The van der Waals surface area contributed by atoms with Crippen LogP contribution in [0.1, 0.15) is 388 Å². The molecule has 86 heavy (non-hydrogen) atoms. The summed E-state index contributed by atoms with van der Waals surface area (Å²) in [7, 11) is -4.19. The summed E-state index contributed by atoms with van der Waals surface area (Å²) in [5, 5.41) is 0. The molecule has 0 bridgehead atoms. The van der Waals surface area contributed by atoms with Crippen molar-refractivity contribution >= 4 is 7.82 Å². The SMILES string of the molecule is CCCCCCCCCCCCOCC(COP(=O)(OCC(COCCCCCCCCCCCC)OCCCCCCCCCC)OCC(COCCCCCCCCCCCC)OCCCCCCCCCC)OCCCCCCCCCC. The quantitative estimate of drug-likeness (QED) is 0.0432. The first-order chi connectivity index (χ1) is 42.5. The standard InChI is InChI=1S/C75H153O10P/c1-7-13-19-25-31-37-40-43-49-55-61-77-67-73(80-64-58-52-46-34-28-22-16-10-4)70-83-86(76,84-71-74(81-65-59-53-47-35-29-23-17-11-5)68-78-62-56-50-44-41-38-32-26-20-14-8-2)85-72-75(82-66-60-54-48-36-30-24-18-12-6)69-79-63-57-51-45-42-39-33-27-21-15-9-3/h73-75H,7-72H2,1-6H3. The smallest absolute Gasteiger partial charge is 0.379 e. The van der Waals surface area contributed by atoms with Gasteiger partial charge in [-0.05, 0) is 38.5 Å². The molecule has 0 radical (unpaired) electrons. The summed E-state index contributed by atoms with van der Waals surface area (Å²) >= 11 is 0. The number of ether oxygens (including phenoxy) is 6. The second kappa shape index (κ2) is 73.9. The van der Waals surface area contributed by atoms with Crippen molar-refractivity contribution in [3.05, 3.63) is 0 Å². The molecular weight excluding hydrogens is 1090 g/mol. The summed E-state index contributed by atoms with van der Waals surface area (Å²) < 4.78 is 73.1. The minimum atomic E-state index is -4.19. The largest absolute Gasteiger partial charge is 0.475 e.